The molecule has 0 saturated heterocycles. The van der Waals surface area contributed by atoms with Crippen LogP contribution in [0.2, 0.25) is 5.02 Å². The van der Waals surface area contributed by atoms with Crippen LogP contribution in [0.25, 0.3) is 11.4 Å². The van der Waals surface area contributed by atoms with Gasteiger partial charge in [0.05, 0.1) is 14.2 Å². The van der Waals surface area contributed by atoms with E-state index in [1.807, 2.05) is 0 Å². The van der Waals surface area contributed by atoms with Crippen LogP contribution in [0.5, 0.6) is 11.5 Å². The van der Waals surface area contributed by atoms with Gasteiger partial charge in [0.15, 0.2) is 24.4 Å². The van der Waals surface area contributed by atoms with Crippen LogP contribution in [0.15, 0.2) is 40.9 Å². The molecule has 9 heteroatoms. The van der Waals surface area contributed by atoms with Gasteiger partial charge in [-0.15, -0.1) is 0 Å². The smallest absolute Gasteiger partial charge is 0.343 e. The molecule has 144 valence electrons. The molecule has 0 bridgehead atoms. The molecule has 0 spiro atoms. The third-order valence-electron chi connectivity index (χ3n) is 3.79. The van der Waals surface area contributed by atoms with Crippen molar-refractivity contribution in [1.82, 2.24) is 10.1 Å². The Labute approximate surface area is 165 Å². The van der Waals surface area contributed by atoms with Crippen molar-refractivity contribution in [2.45, 2.75) is 6.61 Å². The van der Waals surface area contributed by atoms with Crippen LogP contribution in [0, 0.1) is 0 Å². The number of nitrogens with zero attached hydrogens (tertiary/aromatic N) is 2. The van der Waals surface area contributed by atoms with Crippen molar-refractivity contribution in [2.75, 3.05) is 14.2 Å². The zero-order valence-corrected chi connectivity index (χ0v) is 15.7. The maximum Gasteiger partial charge on any atom is 0.343 e. The predicted octanol–water partition coefficient (Wildman–Crippen LogP) is 3.58. The summed E-state index contributed by atoms with van der Waals surface area (Å²) in [5.41, 5.74) is 0.714. The zero-order valence-electron chi connectivity index (χ0n) is 15.0. The maximum absolute atomic E-state index is 12.5. The molecule has 0 radical (unpaired) electrons. The average molecular weight is 403 g/mol. The first-order chi connectivity index (χ1) is 13.6. The van der Waals surface area contributed by atoms with Crippen molar-refractivity contribution in [2.24, 2.45) is 0 Å². The summed E-state index contributed by atoms with van der Waals surface area (Å²) in [5, 5.41) is 4.37. The summed E-state index contributed by atoms with van der Waals surface area (Å²) in [6, 6.07) is 9.89. The van der Waals surface area contributed by atoms with Gasteiger partial charge in [-0.2, -0.15) is 4.98 Å². The van der Waals surface area contributed by atoms with Gasteiger partial charge in [-0.1, -0.05) is 28.9 Å². The molecular weight excluding hydrogens is 388 g/mol. The van der Waals surface area contributed by atoms with Crippen LogP contribution in [0.4, 0.5) is 0 Å². The second kappa shape index (κ2) is 8.53. The van der Waals surface area contributed by atoms with Gasteiger partial charge in [0.1, 0.15) is 5.56 Å². The Morgan fingerprint density at radius 1 is 1.21 bits per heavy atom. The minimum Gasteiger partial charge on any atom is -0.493 e. The molecule has 3 rings (SSSR count). The van der Waals surface area contributed by atoms with E-state index in [0.717, 1.165) is 0 Å². The van der Waals surface area contributed by atoms with Gasteiger partial charge in [-0.05, 0) is 24.3 Å². The van der Waals surface area contributed by atoms with E-state index in [1.165, 1.54) is 26.4 Å². The third kappa shape index (κ3) is 3.96. The fourth-order valence-corrected chi connectivity index (χ4v) is 2.70. The van der Waals surface area contributed by atoms with Crippen LogP contribution in [-0.4, -0.2) is 36.6 Å². The monoisotopic (exact) mass is 402 g/mol. The van der Waals surface area contributed by atoms with Gasteiger partial charge in [-0.25, -0.2) is 4.79 Å². The van der Waals surface area contributed by atoms with Crippen molar-refractivity contribution in [1.29, 1.82) is 0 Å². The lowest BCUT2D eigenvalue weighted by Gasteiger charge is -2.13. The summed E-state index contributed by atoms with van der Waals surface area (Å²) in [6.45, 7) is -0.287. The van der Waals surface area contributed by atoms with Crippen LogP contribution >= 0.6 is 11.6 Å². The molecule has 3 aromatic rings. The molecule has 0 N–H and O–H groups in total. The number of benzene rings is 2. The summed E-state index contributed by atoms with van der Waals surface area (Å²) >= 11 is 5.95. The standard InChI is InChI=1S/C19H15ClN2O6/c1-25-14-7-6-12(9-23)16(17(14)26-2)19(24)27-10-15-21-18(22-28-15)11-4-3-5-13(20)8-11/h3-9H,10H2,1-2H3. The van der Waals surface area contributed by atoms with Gasteiger partial charge in [-0.3, -0.25) is 4.79 Å². The molecule has 0 atom stereocenters. The largest absolute Gasteiger partial charge is 0.493 e. The quantitative estimate of drug-likeness (QED) is 0.436. The van der Waals surface area contributed by atoms with Gasteiger partial charge >= 0.3 is 5.97 Å². The minimum absolute atomic E-state index is 0.0496. The number of ether oxygens (including phenoxy) is 3. The van der Waals surface area contributed by atoms with Crippen molar-refractivity contribution in [3.63, 3.8) is 0 Å². The van der Waals surface area contributed by atoms with E-state index in [1.54, 1.807) is 24.3 Å². The Morgan fingerprint density at radius 3 is 2.71 bits per heavy atom. The lowest BCUT2D eigenvalue weighted by molar-refractivity contribution is 0.0423. The first-order valence-electron chi connectivity index (χ1n) is 8.03. The Kier molecular flexibility index (Phi) is 5.90. The van der Waals surface area contributed by atoms with Crippen LogP contribution in [-0.2, 0) is 11.3 Å². The molecule has 2 aromatic carbocycles. The topological polar surface area (TPSA) is 101 Å². The molecule has 28 heavy (non-hydrogen) atoms. The van der Waals surface area contributed by atoms with Crippen molar-refractivity contribution < 1.29 is 28.3 Å². The summed E-state index contributed by atoms with van der Waals surface area (Å²) in [6.07, 6.45) is 0.530. The Hall–Kier alpha value is -3.39. The number of rotatable bonds is 7. The number of aldehydes is 1. The number of methoxy groups -OCH3 is 2. The normalized spacial score (nSPS) is 10.4. The third-order valence-corrected chi connectivity index (χ3v) is 4.02. The van der Waals surface area contributed by atoms with Crippen LogP contribution < -0.4 is 9.47 Å². The Bertz CT molecular complexity index is 1020. The number of aromatic nitrogens is 2. The van der Waals surface area contributed by atoms with Crippen molar-refractivity contribution in [3.8, 4) is 22.9 Å². The van der Waals surface area contributed by atoms with Crippen molar-refractivity contribution >= 4 is 23.9 Å². The molecule has 0 amide bonds. The highest BCUT2D eigenvalue weighted by Crippen LogP contribution is 2.33. The van der Waals surface area contributed by atoms with Crippen LogP contribution in [0.1, 0.15) is 26.6 Å². The summed E-state index contributed by atoms with van der Waals surface area (Å²) in [5.74, 6) is -0.0115. The molecule has 0 aliphatic rings. The molecule has 0 saturated carbocycles. The maximum atomic E-state index is 12.5. The first-order valence-corrected chi connectivity index (χ1v) is 8.41. The number of hydrogen-bond acceptors (Lipinski definition) is 8. The molecule has 1 aromatic heterocycles. The lowest BCUT2D eigenvalue weighted by atomic mass is 10.1. The van der Waals surface area contributed by atoms with E-state index in [9.17, 15) is 9.59 Å². The van der Waals surface area contributed by atoms with Gasteiger partial charge in [0, 0.05) is 16.1 Å². The highest BCUT2D eigenvalue weighted by atomic mass is 35.5. The minimum atomic E-state index is -0.791. The van der Waals surface area contributed by atoms with Gasteiger partial charge < -0.3 is 18.7 Å². The molecular formula is C19H15ClN2O6. The lowest BCUT2D eigenvalue weighted by Crippen LogP contribution is -2.11. The molecule has 0 fully saturated rings. The van der Waals surface area contributed by atoms with Crippen molar-refractivity contribution in [3.05, 3.63) is 58.4 Å². The fraction of sp³-hybridized carbons (Fsp3) is 0.158. The van der Waals surface area contributed by atoms with E-state index in [4.69, 9.17) is 30.3 Å². The average Bonchev–Trinajstić information content (AvgIpc) is 3.19. The molecule has 0 aliphatic carbocycles. The van der Waals surface area contributed by atoms with E-state index in [0.29, 0.717) is 28.4 Å². The Balaban J connectivity index is 1.79. The molecule has 0 unspecified atom stereocenters. The number of carbonyl (C=O) groups is 2. The van der Waals surface area contributed by atoms with Gasteiger partial charge in [0.25, 0.3) is 5.89 Å². The van der Waals surface area contributed by atoms with Gasteiger partial charge in [0.2, 0.25) is 5.82 Å². The second-order valence-corrected chi connectivity index (χ2v) is 5.92. The molecule has 1 heterocycles. The van der Waals surface area contributed by atoms with Crippen LogP contribution in [0.3, 0.4) is 0 Å². The molecule has 8 nitrogen and oxygen atoms in total. The number of carbonyl (C=O) groups excluding carboxylic acids is 2. The van der Waals surface area contributed by atoms with E-state index < -0.39 is 5.97 Å². The summed E-state index contributed by atoms with van der Waals surface area (Å²) in [4.78, 5) is 28.0. The number of esters is 1. The predicted molar refractivity (Wildman–Crippen MR) is 98.8 cm³/mol. The molecule has 0 aliphatic heterocycles. The van der Waals surface area contributed by atoms with E-state index in [-0.39, 0.29) is 29.4 Å². The Morgan fingerprint density at radius 2 is 2.04 bits per heavy atom. The fourth-order valence-electron chi connectivity index (χ4n) is 2.51. The summed E-state index contributed by atoms with van der Waals surface area (Å²) < 4.78 is 20.7. The first kappa shape index (κ1) is 19.4. The second-order valence-electron chi connectivity index (χ2n) is 5.48. The number of hydrogen-bond donors (Lipinski definition) is 0. The van der Waals surface area contributed by atoms with E-state index >= 15 is 0 Å². The number of halogens is 1. The van der Waals surface area contributed by atoms with E-state index in [2.05, 4.69) is 10.1 Å². The highest BCUT2D eigenvalue weighted by Gasteiger charge is 2.23. The zero-order chi connectivity index (χ0) is 20.1. The SMILES string of the molecule is COc1ccc(C=O)c(C(=O)OCc2nc(-c3cccc(Cl)c3)no2)c1OC. The summed E-state index contributed by atoms with van der Waals surface area (Å²) in [7, 11) is 2.78. The highest BCUT2D eigenvalue weighted by molar-refractivity contribution is 6.30.